The smallest absolute Gasteiger partial charge is 0.160 e. The molecule has 0 fully saturated rings. The fraction of sp³-hybridized carbons (Fsp3) is 0. The molecule has 0 unspecified atom stereocenters. The van der Waals surface area contributed by atoms with E-state index >= 15 is 0 Å². The lowest BCUT2D eigenvalue weighted by atomic mass is 10.0. The summed E-state index contributed by atoms with van der Waals surface area (Å²) in [6, 6.07) is 46.0. The van der Waals surface area contributed by atoms with E-state index in [1.807, 2.05) is 24.3 Å². The molecule has 44 heavy (non-hydrogen) atoms. The van der Waals surface area contributed by atoms with Crippen LogP contribution in [0.1, 0.15) is 0 Å². The number of hydrogen-bond acceptors (Lipinski definition) is 6. The first-order valence-corrected chi connectivity index (χ1v) is 16.0. The summed E-state index contributed by atoms with van der Waals surface area (Å²) in [5, 5.41) is 2.30. The molecule has 6 heteroatoms. The van der Waals surface area contributed by atoms with E-state index in [0.29, 0.717) is 5.82 Å². The highest BCUT2D eigenvalue weighted by Crippen LogP contribution is 2.42. The van der Waals surface area contributed by atoms with Crippen LogP contribution in [0.5, 0.6) is 0 Å². The minimum absolute atomic E-state index is 0.701. The second-order valence-electron chi connectivity index (χ2n) is 10.7. The van der Waals surface area contributed by atoms with Crippen LogP contribution >= 0.6 is 22.7 Å². The molecule has 0 aliphatic rings. The molecule has 4 aromatic heterocycles. The highest BCUT2D eigenvalue weighted by molar-refractivity contribution is 7.26. The van der Waals surface area contributed by atoms with Gasteiger partial charge in [-0.2, -0.15) is 0 Å². The van der Waals surface area contributed by atoms with Gasteiger partial charge in [0.2, 0.25) is 0 Å². The molecule has 0 aliphatic carbocycles. The summed E-state index contributed by atoms with van der Waals surface area (Å²) in [6.07, 6.45) is 0. The van der Waals surface area contributed by atoms with Crippen molar-refractivity contribution < 1.29 is 0 Å². The SMILES string of the molecule is c1ccc(-c2nc(-c3cccc(-c4nc(-c5ccccc5)c5sc6ccccc6c5n4)c3)c3sc4ccccc4c3n2)cc1. The fourth-order valence-electron chi connectivity index (χ4n) is 5.82. The van der Waals surface area contributed by atoms with Crippen LogP contribution in [0, 0.1) is 0 Å². The van der Waals surface area contributed by atoms with Crippen molar-refractivity contribution in [2.24, 2.45) is 0 Å². The van der Waals surface area contributed by atoms with E-state index in [0.717, 1.165) is 70.7 Å². The van der Waals surface area contributed by atoms with Gasteiger partial charge in [0.15, 0.2) is 11.6 Å². The van der Waals surface area contributed by atoms with Crippen LogP contribution in [0.2, 0.25) is 0 Å². The first kappa shape index (κ1) is 25.2. The Kier molecular flexibility index (Phi) is 5.82. The molecule has 0 N–H and O–H groups in total. The van der Waals surface area contributed by atoms with Crippen LogP contribution in [0.25, 0.3) is 85.9 Å². The van der Waals surface area contributed by atoms with Gasteiger partial charge in [-0.25, -0.2) is 19.9 Å². The molecule has 0 aliphatic heterocycles. The quantitative estimate of drug-likeness (QED) is 0.202. The Labute approximate surface area is 261 Å². The van der Waals surface area contributed by atoms with Crippen molar-refractivity contribution in [1.82, 2.24) is 19.9 Å². The molecule has 4 heterocycles. The lowest BCUT2D eigenvalue weighted by Crippen LogP contribution is -1.95. The first-order valence-electron chi connectivity index (χ1n) is 14.4. The van der Waals surface area contributed by atoms with Crippen molar-refractivity contribution in [3.63, 3.8) is 0 Å². The molecular weight excluding hydrogens is 577 g/mol. The lowest BCUT2D eigenvalue weighted by Gasteiger charge is -2.10. The predicted octanol–water partition coefficient (Wildman–Crippen LogP) is 10.7. The Morgan fingerprint density at radius 1 is 0.364 bits per heavy atom. The summed E-state index contributed by atoms with van der Waals surface area (Å²) in [4.78, 5) is 20.6. The number of benzene rings is 5. The van der Waals surface area contributed by atoms with E-state index in [4.69, 9.17) is 19.9 Å². The molecule has 0 radical (unpaired) electrons. The average molecular weight is 599 g/mol. The first-order chi connectivity index (χ1) is 21.8. The zero-order chi connectivity index (χ0) is 29.0. The highest BCUT2D eigenvalue weighted by Gasteiger charge is 2.19. The van der Waals surface area contributed by atoms with E-state index in [-0.39, 0.29) is 0 Å². The zero-order valence-corrected chi connectivity index (χ0v) is 24.9. The van der Waals surface area contributed by atoms with Crippen LogP contribution in [-0.2, 0) is 0 Å². The third-order valence-electron chi connectivity index (χ3n) is 7.91. The molecule has 9 aromatic rings. The summed E-state index contributed by atoms with van der Waals surface area (Å²) in [7, 11) is 0. The molecular formula is C38H22N4S2. The molecule has 0 spiro atoms. The zero-order valence-electron chi connectivity index (χ0n) is 23.3. The third-order valence-corrected chi connectivity index (χ3v) is 10.2. The van der Waals surface area contributed by atoms with Crippen LogP contribution < -0.4 is 0 Å². The normalized spacial score (nSPS) is 11.6. The molecule has 4 nitrogen and oxygen atoms in total. The Morgan fingerprint density at radius 3 is 1.43 bits per heavy atom. The topological polar surface area (TPSA) is 51.6 Å². The molecule has 206 valence electrons. The van der Waals surface area contributed by atoms with E-state index in [2.05, 4.69) is 109 Å². The van der Waals surface area contributed by atoms with Crippen LogP contribution in [0.15, 0.2) is 133 Å². The maximum atomic E-state index is 5.20. The van der Waals surface area contributed by atoms with Gasteiger partial charge in [0.05, 0.1) is 31.8 Å². The summed E-state index contributed by atoms with van der Waals surface area (Å²) in [5.41, 5.74) is 7.88. The second kappa shape index (κ2) is 10.2. The van der Waals surface area contributed by atoms with Gasteiger partial charge in [0, 0.05) is 42.4 Å². The van der Waals surface area contributed by atoms with E-state index in [1.165, 1.54) is 9.40 Å². The molecule has 9 rings (SSSR count). The molecule has 5 aromatic carbocycles. The van der Waals surface area contributed by atoms with E-state index < -0.39 is 0 Å². The summed E-state index contributed by atoms with van der Waals surface area (Å²) < 4.78 is 4.59. The van der Waals surface area contributed by atoms with Gasteiger partial charge >= 0.3 is 0 Å². The van der Waals surface area contributed by atoms with Crippen molar-refractivity contribution in [3.8, 4) is 45.3 Å². The second-order valence-corrected chi connectivity index (χ2v) is 12.8. The third kappa shape index (κ3) is 4.11. The molecule has 0 saturated carbocycles. The van der Waals surface area contributed by atoms with Crippen LogP contribution in [-0.4, -0.2) is 19.9 Å². The minimum Gasteiger partial charge on any atom is -0.226 e. The molecule has 0 atom stereocenters. The average Bonchev–Trinajstić information content (AvgIpc) is 3.67. The summed E-state index contributed by atoms with van der Waals surface area (Å²) in [6.45, 7) is 0. The standard InChI is InChI=1S/C38H22N4S2/c1-3-12-23(13-4-1)31-35-33(27-18-7-9-20-29(27)43-35)42-38(39-31)26-17-11-16-25(22-26)32-36-34(28-19-8-10-21-30(28)44-36)41-37(40-32)24-14-5-2-6-15-24/h1-22H. The lowest BCUT2D eigenvalue weighted by molar-refractivity contribution is 1.23. The van der Waals surface area contributed by atoms with Crippen molar-refractivity contribution in [3.05, 3.63) is 133 Å². The summed E-state index contributed by atoms with van der Waals surface area (Å²) in [5.74, 6) is 1.42. The maximum Gasteiger partial charge on any atom is 0.160 e. The van der Waals surface area contributed by atoms with Gasteiger partial charge in [-0.3, -0.25) is 0 Å². The molecule has 0 bridgehead atoms. The van der Waals surface area contributed by atoms with Crippen LogP contribution in [0.3, 0.4) is 0 Å². The number of aromatic nitrogens is 4. The van der Waals surface area contributed by atoms with Gasteiger partial charge in [-0.05, 0) is 18.2 Å². The van der Waals surface area contributed by atoms with Crippen molar-refractivity contribution in [1.29, 1.82) is 0 Å². The monoisotopic (exact) mass is 598 g/mol. The van der Waals surface area contributed by atoms with Gasteiger partial charge in [-0.15, -0.1) is 22.7 Å². The number of nitrogens with zero attached hydrogens (tertiary/aromatic N) is 4. The van der Waals surface area contributed by atoms with Crippen LogP contribution in [0.4, 0.5) is 0 Å². The van der Waals surface area contributed by atoms with Crippen molar-refractivity contribution >= 4 is 63.3 Å². The Morgan fingerprint density at radius 2 is 0.818 bits per heavy atom. The van der Waals surface area contributed by atoms with Gasteiger partial charge in [-0.1, -0.05) is 115 Å². The number of hydrogen-bond donors (Lipinski definition) is 0. The predicted molar refractivity (Wildman–Crippen MR) is 185 cm³/mol. The highest BCUT2D eigenvalue weighted by atomic mass is 32.1. The maximum absolute atomic E-state index is 5.20. The van der Waals surface area contributed by atoms with Gasteiger partial charge in [0.1, 0.15) is 0 Å². The number of fused-ring (bicyclic) bond motifs is 6. The Hall–Kier alpha value is -5.30. The summed E-state index contributed by atoms with van der Waals surface area (Å²) >= 11 is 3.49. The number of thiophene rings is 2. The Bertz CT molecular complexity index is 2500. The van der Waals surface area contributed by atoms with Gasteiger partial charge in [0.25, 0.3) is 0 Å². The molecule has 0 amide bonds. The van der Waals surface area contributed by atoms with E-state index in [1.54, 1.807) is 22.7 Å². The van der Waals surface area contributed by atoms with Crippen molar-refractivity contribution in [2.75, 3.05) is 0 Å². The minimum atomic E-state index is 0.701. The van der Waals surface area contributed by atoms with E-state index in [9.17, 15) is 0 Å². The number of rotatable bonds is 4. The molecule has 0 saturated heterocycles. The largest absolute Gasteiger partial charge is 0.226 e. The van der Waals surface area contributed by atoms with Crippen molar-refractivity contribution in [2.45, 2.75) is 0 Å². The Balaban J connectivity index is 1.28. The van der Waals surface area contributed by atoms with Gasteiger partial charge < -0.3 is 0 Å². The fourth-order valence-corrected chi connectivity index (χ4v) is 8.13.